The molecule has 8 rings (SSSR count). The first-order valence-corrected chi connectivity index (χ1v) is 14.6. The van der Waals surface area contributed by atoms with Crippen molar-refractivity contribution in [2.24, 2.45) is 0 Å². The van der Waals surface area contributed by atoms with Gasteiger partial charge >= 0.3 is 0 Å². The van der Waals surface area contributed by atoms with E-state index in [1.165, 1.54) is 17.8 Å². The monoisotopic (exact) mass is 595 g/mol. The Morgan fingerprint density at radius 1 is 0.867 bits per heavy atom. The third-order valence-electron chi connectivity index (χ3n) is 8.54. The molecule has 7 heterocycles. The molecule has 2 aliphatic heterocycles. The molecule has 2 fully saturated rings. The smallest absolute Gasteiger partial charge is 0.234 e. The van der Waals surface area contributed by atoms with E-state index in [1.54, 1.807) is 18.5 Å². The zero-order chi connectivity index (χ0) is 30.5. The van der Waals surface area contributed by atoms with Crippen molar-refractivity contribution in [1.82, 2.24) is 39.4 Å². The summed E-state index contributed by atoms with van der Waals surface area (Å²) in [5.74, 6) is 1.61. The molecule has 12 heteroatoms. The summed E-state index contributed by atoms with van der Waals surface area (Å²) in [5.41, 5.74) is 11.6. The van der Waals surface area contributed by atoms with Crippen molar-refractivity contribution in [2.45, 2.75) is 25.0 Å². The minimum atomic E-state index is -0.404. The summed E-state index contributed by atoms with van der Waals surface area (Å²) >= 11 is 0. The molecule has 2 aliphatic rings. The van der Waals surface area contributed by atoms with Gasteiger partial charge in [-0.15, -0.1) is 0 Å². The molecule has 2 bridgehead atoms. The fraction of sp³-hybridized carbons (Fsp3) is 0.182. The molecule has 5 aromatic heterocycles. The normalized spacial score (nSPS) is 17.6. The van der Waals surface area contributed by atoms with Crippen LogP contribution in [0.15, 0.2) is 85.3 Å². The number of anilines is 2. The molecule has 45 heavy (non-hydrogen) atoms. The molecule has 2 N–H and O–H groups in total. The molecule has 220 valence electrons. The number of aromatic nitrogens is 7. The van der Waals surface area contributed by atoms with Crippen molar-refractivity contribution in [3.8, 4) is 34.5 Å². The first-order chi connectivity index (χ1) is 22.0. The van der Waals surface area contributed by atoms with Gasteiger partial charge in [-0.25, -0.2) is 29.3 Å². The summed E-state index contributed by atoms with van der Waals surface area (Å²) in [5, 5.41) is 9.20. The number of benzene rings is 1. The zero-order valence-electron chi connectivity index (χ0n) is 24.0. The Morgan fingerprint density at radius 2 is 1.73 bits per heavy atom. The van der Waals surface area contributed by atoms with Gasteiger partial charge in [0.2, 0.25) is 5.82 Å². The molecular formula is C33H26FN11. The van der Waals surface area contributed by atoms with Gasteiger partial charge in [0.1, 0.15) is 29.0 Å². The Bertz CT molecular complexity index is 2090. The number of rotatable bonds is 6. The first-order valence-electron chi connectivity index (χ1n) is 14.6. The van der Waals surface area contributed by atoms with Gasteiger partial charge in [-0.1, -0.05) is 12.1 Å². The second kappa shape index (κ2) is 10.7. The lowest BCUT2D eigenvalue weighted by atomic mass is 10.1. The predicted molar refractivity (Wildman–Crippen MR) is 166 cm³/mol. The van der Waals surface area contributed by atoms with E-state index in [2.05, 4.69) is 54.0 Å². The summed E-state index contributed by atoms with van der Waals surface area (Å²) in [6, 6.07) is 23.5. The SMILES string of the molecule is N#Cc1nccc(N2C[C@H]3C[C@@H]2CN3Cc2ccc(-n3c(-c4cccnc4N)nc4ccc(-c5ccc(F)cn5)nc43)cc2)n1. The van der Waals surface area contributed by atoms with Crippen LogP contribution in [0.1, 0.15) is 17.8 Å². The summed E-state index contributed by atoms with van der Waals surface area (Å²) in [6.45, 7) is 2.63. The number of imidazole rings is 1. The number of likely N-dealkylation sites (tertiary alicyclic amines) is 1. The van der Waals surface area contributed by atoms with Gasteiger partial charge in [-0.05, 0) is 66.6 Å². The van der Waals surface area contributed by atoms with Crippen LogP contribution in [0.2, 0.25) is 0 Å². The number of nitriles is 1. The summed E-state index contributed by atoms with van der Waals surface area (Å²) in [4.78, 5) is 31.6. The average Bonchev–Trinajstić information content (AvgIpc) is 3.78. The van der Waals surface area contributed by atoms with Gasteiger partial charge in [0, 0.05) is 49.8 Å². The highest BCUT2D eigenvalue weighted by Gasteiger charge is 2.43. The quantitative estimate of drug-likeness (QED) is 0.295. The molecule has 0 spiro atoms. The van der Waals surface area contributed by atoms with Crippen LogP contribution in [0.3, 0.4) is 0 Å². The van der Waals surface area contributed by atoms with E-state index in [1.807, 2.05) is 41.0 Å². The minimum Gasteiger partial charge on any atom is -0.383 e. The molecular weight excluding hydrogens is 569 g/mol. The van der Waals surface area contributed by atoms with Crippen molar-refractivity contribution >= 4 is 22.8 Å². The largest absolute Gasteiger partial charge is 0.383 e. The number of hydrogen-bond acceptors (Lipinski definition) is 10. The van der Waals surface area contributed by atoms with Crippen molar-refractivity contribution in [3.05, 3.63) is 103 Å². The van der Waals surface area contributed by atoms with Crippen molar-refractivity contribution < 1.29 is 4.39 Å². The van der Waals surface area contributed by atoms with Crippen LogP contribution in [-0.2, 0) is 6.54 Å². The summed E-state index contributed by atoms with van der Waals surface area (Å²) < 4.78 is 15.5. The molecule has 1 aromatic carbocycles. The van der Waals surface area contributed by atoms with E-state index in [0.717, 1.165) is 37.6 Å². The lowest BCUT2D eigenvalue weighted by Gasteiger charge is -2.34. The number of pyridine rings is 3. The van der Waals surface area contributed by atoms with Crippen molar-refractivity contribution in [2.75, 3.05) is 23.7 Å². The maximum atomic E-state index is 13.6. The van der Waals surface area contributed by atoms with Gasteiger partial charge in [0.15, 0.2) is 11.5 Å². The Hall–Kier alpha value is -5.80. The second-order valence-electron chi connectivity index (χ2n) is 11.2. The Labute approximate surface area is 257 Å². The Morgan fingerprint density at radius 3 is 2.49 bits per heavy atom. The number of nitrogens with two attached hydrogens (primary N) is 1. The predicted octanol–water partition coefficient (Wildman–Crippen LogP) is 4.39. The topological polar surface area (TPSA) is 139 Å². The molecule has 0 unspecified atom stereocenters. The number of piperazine rings is 1. The standard InChI is InChI=1S/C33H26FN11/c34-21-5-8-26(39-16-21)27-9-10-28-33(40-27)45(32(41-28)25-2-1-12-38-31(25)36)22-6-3-20(4-7-22)17-43-18-24-14-23(43)19-44(24)30-11-13-37-29(15-35)42-30/h1-13,16,23-24H,14,17-19H2,(H2,36,38)/t23-,24-/m1/s1. The van der Waals surface area contributed by atoms with Gasteiger partial charge < -0.3 is 10.6 Å². The van der Waals surface area contributed by atoms with Crippen LogP contribution < -0.4 is 10.6 Å². The Balaban J connectivity index is 1.09. The zero-order valence-corrected chi connectivity index (χ0v) is 24.0. The van der Waals surface area contributed by atoms with Crippen molar-refractivity contribution in [1.29, 1.82) is 5.26 Å². The molecule has 0 saturated carbocycles. The number of nitrogen functional groups attached to an aromatic ring is 1. The van der Waals surface area contributed by atoms with E-state index in [9.17, 15) is 9.65 Å². The molecule has 0 aliphatic carbocycles. The van der Waals surface area contributed by atoms with Crippen LogP contribution in [-0.4, -0.2) is 64.5 Å². The molecule has 11 nitrogen and oxygen atoms in total. The van der Waals surface area contributed by atoms with Gasteiger partial charge in [-0.2, -0.15) is 5.26 Å². The maximum Gasteiger partial charge on any atom is 0.234 e. The van der Waals surface area contributed by atoms with E-state index >= 15 is 0 Å². The highest BCUT2D eigenvalue weighted by molar-refractivity contribution is 5.84. The number of fused-ring (bicyclic) bond motifs is 3. The Kier molecular flexibility index (Phi) is 6.39. The van der Waals surface area contributed by atoms with Crippen molar-refractivity contribution in [3.63, 3.8) is 0 Å². The van der Waals surface area contributed by atoms with Gasteiger partial charge in [0.05, 0.1) is 23.1 Å². The average molecular weight is 596 g/mol. The molecule has 2 saturated heterocycles. The number of nitrogens with zero attached hydrogens (tertiary/aromatic N) is 10. The van der Waals surface area contributed by atoms with Crippen LogP contribution in [0.25, 0.3) is 39.6 Å². The molecule has 6 aromatic rings. The molecule has 0 amide bonds. The van der Waals surface area contributed by atoms with E-state index in [-0.39, 0.29) is 5.82 Å². The van der Waals surface area contributed by atoms with E-state index < -0.39 is 5.82 Å². The number of hydrogen-bond donors (Lipinski definition) is 1. The van der Waals surface area contributed by atoms with Crippen LogP contribution in [0, 0.1) is 17.1 Å². The third-order valence-corrected chi connectivity index (χ3v) is 8.54. The summed E-state index contributed by atoms with van der Waals surface area (Å²) in [6.07, 6.45) is 5.55. The van der Waals surface area contributed by atoms with Gasteiger partial charge in [-0.3, -0.25) is 14.5 Å². The fourth-order valence-corrected chi connectivity index (χ4v) is 6.43. The third kappa shape index (κ3) is 4.79. The van der Waals surface area contributed by atoms with Crippen LogP contribution >= 0.6 is 0 Å². The minimum absolute atomic E-state index is 0.200. The number of halogens is 1. The van der Waals surface area contributed by atoms with E-state index in [0.29, 0.717) is 51.8 Å². The molecule has 2 atom stereocenters. The fourth-order valence-electron chi connectivity index (χ4n) is 6.43. The van der Waals surface area contributed by atoms with Crippen LogP contribution in [0.5, 0.6) is 0 Å². The molecule has 0 radical (unpaired) electrons. The maximum absolute atomic E-state index is 13.6. The van der Waals surface area contributed by atoms with Crippen LogP contribution in [0.4, 0.5) is 16.0 Å². The lowest BCUT2D eigenvalue weighted by Crippen LogP contribution is -2.46. The van der Waals surface area contributed by atoms with Gasteiger partial charge in [0.25, 0.3) is 0 Å². The summed E-state index contributed by atoms with van der Waals surface area (Å²) in [7, 11) is 0. The van der Waals surface area contributed by atoms with E-state index in [4.69, 9.17) is 15.7 Å². The lowest BCUT2D eigenvalue weighted by molar-refractivity contribution is 0.230. The highest BCUT2D eigenvalue weighted by atomic mass is 19.1. The second-order valence-corrected chi connectivity index (χ2v) is 11.2. The first kappa shape index (κ1) is 26.8. The highest BCUT2D eigenvalue weighted by Crippen LogP contribution is 2.35.